The van der Waals surface area contributed by atoms with Gasteiger partial charge in [-0.3, -0.25) is 13.8 Å². The first-order valence-electron chi connectivity index (χ1n) is 23.0. The number of nitrogens with two attached hydrogens (primary N) is 1. The maximum atomic E-state index is 12.8. The molecule has 0 spiro atoms. The van der Waals surface area contributed by atoms with Gasteiger partial charge < -0.3 is 26.2 Å². The molecule has 0 aromatic rings. The molecule has 0 aromatic carbocycles. The van der Waals surface area contributed by atoms with Crippen LogP contribution in [0, 0.1) is 0 Å². The van der Waals surface area contributed by atoms with Crippen LogP contribution in [0.3, 0.4) is 0 Å². The fourth-order valence-electron chi connectivity index (χ4n) is 6.84. The van der Waals surface area contributed by atoms with Crippen LogP contribution in [0.4, 0.5) is 0 Å². The Hall–Kier alpha value is -1.06. The van der Waals surface area contributed by atoms with Crippen LogP contribution in [-0.2, 0) is 18.4 Å². The Morgan fingerprint density at radius 3 is 1.51 bits per heavy atom. The maximum Gasteiger partial charge on any atom is 0.472 e. The van der Waals surface area contributed by atoms with Crippen molar-refractivity contribution in [3.8, 4) is 0 Å². The van der Waals surface area contributed by atoms with Crippen LogP contribution in [0.1, 0.15) is 219 Å². The molecule has 0 saturated carbocycles. The Morgan fingerprint density at radius 2 is 1.04 bits per heavy atom. The van der Waals surface area contributed by atoms with Gasteiger partial charge in [-0.15, -0.1) is 0 Å². The van der Waals surface area contributed by atoms with Gasteiger partial charge in [0.2, 0.25) is 5.91 Å². The van der Waals surface area contributed by atoms with Crippen molar-refractivity contribution in [1.29, 1.82) is 0 Å². The van der Waals surface area contributed by atoms with Crippen molar-refractivity contribution < 1.29 is 33.5 Å². The van der Waals surface area contributed by atoms with E-state index in [1.165, 1.54) is 154 Å². The molecule has 6 N–H and O–H groups in total. The second-order valence-corrected chi connectivity index (χ2v) is 17.3. The van der Waals surface area contributed by atoms with E-state index in [0.29, 0.717) is 12.8 Å². The predicted molar refractivity (Wildman–Crippen MR) is 232 cm³/mol. The summed E-state index contributed by atoms with van der Waals surface area (Å²) in [5.74, 6) is -0.453. The number of carbonyl (C=O) groups excluding carboxylic acids is 1. The molecule has 1 amide bonds. The topological polar surface area (TPSA) is 151 Å². The van der Waals surface area contributed by atoms with Gasteiger partial charge in [0.15, 0.2) is 0 Å². The molecule has 10 heteroatoms. The van der Waals surface area contributed by atoms with E-state index in [-0.39, 0.29) is 19.6 Å². The number of unbranched alkanes of at least 4 members (excludes halogenated alkanes) is 27. The monoisotopic (exact) mass is 801 g/mol. The van der Waals surface area contributed by atoms with E-state index in [2.05, 4.69) is 31.3 Å². The zero-order valence-electron chi connectivity index (χ0n) is 35.8. The molecule has 55 heavy (non-hydrogen) atoms. The zero-order chi connectivity index (χ0) is 40.5. The van der Waals surface area contributed by atoms with Crippen LogP contribution in [0.2, 0.25) is 0 Å². The first-order valence-corrected chi connectivity index (χ1v) is 24.5. The van der Waals surface area contributed by atoms with Crippen LogP contribution in [-0.4, -0.2) is 59.0 Å². The van der Waals surface area contributed by atoms with Crippen molar-refractivity contribution in [2.45, 2.75) is 238 Å². The summed E-state index contributed by atoms with van der Waals surface area (Å²) in [6.07, 6.45) is 44.2. The number of phosphoric acid groups is 1. The first kappa shape index (κ1) is 53.9. The normalized spacial score (nSPS) is 14.8. The lowest BCUT2D eigenvalue weighted by atomic mass is 10.0. The molecular weight excluding hydrogens is 711 g/mol. The number of hydrogen-bond acceptors (Lipinski definition) is 7. The molecule has 326 valence electrons. The Balaban J connectivity index is 4.18. The van der Waals surface area contributed by atoms with Crippen LogP contribution in [0.15, 0.2) is 24.3 Å². The summed E-state index contributed by atoms with van der Waals surface area (Å²) < 4.78 is 22.0. The minimum absolute atomic E-state index is 0.0459. The highest BCUT2D eigenvalue weighted by atomic mass is 31.2. The largest absolute Gasteiger partial charge is 0.472 e. The highest BCUT2D eigenvalue weighted by molar-refractivity contribution is 7.47. The van der Waals surface area contributed by atoms with Gasteiger partial charge in [-0.2, -0.15) is 0 Å². The number of nitrogens with one attached hydrogen (secondary N) is 1. The van der Waals surface area contributed by atoms with Gasteiger partial charge in [0.1, 0.15) is 0 Å². The molecule has 0 aliphatic heterocycles. The van der Waals surface area contributed by atoms with Gasteiger partial charge in [0, 0.05) is 6.54 Å². The molecule has 0 aliphatic carbocycles. The number of rotatable bonds is 43. The van der Waals surface area contributed by atoms with Gasteiger partial charge >= 0.3 is 7.82 Å². The predicted octanol–water partition coefficient (Wildman–Crippen LogP) is 11.9. The van der Waals surface area contributed by atoms with E-state index < -0.39 is 38.6 Å². The molecule has 4 atom stereocenters. The number of aliphatic hydroxyl groups is 2. The van der Waals surface area contributed by atoms with Gasteiger partial charge in [0.25, 0.3) is 0 Å². The zero-order valence-corrected chi connectivity index (χ0v) is 36.7. The second-order valence-electron chi connectivity index (χ2n) is 15.8. The fraction of sp³-hybridized carbons (Fsp3) is 0.889. The van der Waals surface area contributed by atoms with Gasteiger partial charge in [-0.05, 0) is 32.1 Å². The van der Waals surface area contributed by atoms with Gasteiger partial charge in [-0.25, -0.2) is 4.57 Å². The summed E-state index contributed by atoms with van der Waals surface area (Å²) in [4.78, 5) is 22.7. The van der Waals surface area contributed by atoms with E-state index in [4.69, 9.17) is 14.8 Å². The average Bonchev–Trinajstić information content (AvgIpc) is 3.16. The van der Waals surface area contributed by atoms with Gasteiger partial charge in [0.05, 0.1) is 37.9 Å². The van der Waals surface area contributed by atoms with Crippen LogP contribution < -0.4 is 11.1 Å². The van der Waals surface area contributed by atoms with Crippen molar-refractivity contribution in [2.24, 2.45) is 5.73 Å². The fourth-order valence-corrected chi connectivity index (χ4v) is 7.60. The molecule has 9 nitrogen and oxygen atoms in total. The molecule has 0 fully saturated rings. The van der Waals surface area contributed by atoms with Crippen LogP contribution in [0.5, 0.6) is 0 Å². The summed E-state index contributed by atoms with van der Waals surface area (Å²) in [6, 6.07) is -0.995. The Labute approximate surface area is 339 Å². The van der Waals surface area contributed by atoms with Crippen molar-refractivity contribution in [3.63, 3.8) is 0 Å². The number of hydrogen-bond donors (Lipinski definition) is 5. The lowest BCUT2D eigenvalue weighted by molar-refractivity contribution is -0.124. The second kappa shape index (κ2) is 41.1. The van der Waals surface area contributed by atoms with E-state index in [0.717, 1.165) is 32.1 Å². The summed E-state index contributed by atoms with van der Waals surface area (Å²) in [6.45, 7) is 3.95. The number of allylic oxidation sites excluding steroid dienone is 3. The molecule has 0 aromatic heterocycles. The minimum Gasteiger partial charge on any atom is -0.393 e. The van der Waals surface area contributed by atoms with E-state index >= 15 is 0 Å². The smallest absolute Gasteiger partial charge is 0.393 e. The summed E-state index contributed by atoms with van der Waals surface area (Å²) in [5, 5.41) is 24.0. The Morgan fingerprint density at radius 1 is 0.618 bits per heavy atom. The van der Waals surface area contributed by atoms with Crippen molar-refractivity contribution in [1.82, 2.24) is 5.32 Å². The third kappa shape index (κ3) is 39.5. The van der Waals surface area contributed by atoms with E-state index in [9.17, 15) is 24.5 Å². The molecule has 0 heterocycles. The van der Waals surface area contributed by atoms with Crippen molar-refractivity contribution >= 4 is 13.7 Å². The maximum absolute atomic E-state index is 12.8. The SMILES string of the molecule is CCCCCCCC/C=C/CC/C=C/C(O)C(COP(=O)(O)OCCN)NC(=O)CC(O)CCCCCCCCCCCCCCCCCCCCCCC. The third-order valence-corrected chi connectivity index (χ3v) is 11.3. The molecular formula is C45H89N2O7P. The van der Waals surface area contributed by atoms with Crippen molar-refractivity contribution in [2.75, 3.05) is 19.8 Å². The van der Waals surface area contributed by atoms with E-state index in [1.807, 2.05) is 6.08 Å². The number of amides is 1. The van der Waals surface area contributed by atoms with Crippen molar-refractivity contribution in [3.05, 3.63) is 24.3 Å². The van der Waals surface area contributed by atoms with Crippen LogP contribution in [0.25, 0.3) is 0 Å². The molecule has 0 saturated heterocycles. The minimum atomic E-state index is -4.40. The molecule has 4 unspecified atom stereocenters. The lowest BCUT2D eigenvalue weighted by Crippen LogP contribution is -2.46. The number of aliphatic hydroxyl groups excluding tert-OH is 2. The Kier molecular flexibility index (Phi) is 40.3. The third-order valence-electron chi connectivity index (χ3n) is 10.3. The van der Waals surface area contributed by atoms with E-state index in [1.54, 1.807) is 6.08 Å². The Bertz CT molecular complexity index is 935. The lowest BCUT2D eigenvalue weighted by Gasteiger charge is -2.24. The summed E-state index contributed by atoms with van der Waals surface area (Å²) in [5.41, 5.74) is 5.36. The number of carbonyl (C=O) groups is 1. The number of phosphoric ester groups is 1. The quantitative estimate of drug-likeness (QED) is 0.0232. The highest BCUT2D eigenvalue weighted by Gasteiger charge is 2.27. The molecule has 0 aliphatic rings. The highest BCUT2D eigenvalue weighted by Crippen LogP contribution is 2.43. The average molecular weight is 801 g/mol. The molecule has 0 rings (SSSR count). The standard InChI is InChI=1S/C45H89N2O7P/c1-3-5-7-9-11-13-15-17-18-19-20-21-22-23-24-25-26-28-30-32-34-36-42(48)40-45(50)47-43(41-54-55(51,52)53-39-38-46)44(49)37-35-33-31-29-27-16-14-12-10-8-6-4-2/h27,29,35,37,42-44,48-49H,3-26,28,30-34,36,38-41,46H2,1-2H3,(H,47,50)(H,51,52)/b29-27+,37-35+. The van der Waals surface area contributed by atoms with Gasteiger partial charge in [-0.1, -0.05) is 205 Å². The molecule has 0 radical (unpaired) electrons. The van der Waals surface area contributed by atoms with Crippen LogP contribution >= 0.6 is 7.82 Å². The first-order chi connectivity index (χ1) is 26.8. The molecule has 0 bridgehead atoms. The summed E-state index contributed by atoms with van der Waals surface area (Å²) in [7, 11) is -4.40. The summed E-state index contributed by atoms with van der Waals surface area (Å²) >= 11 is 0.